The van der Waals surface area contributed by atoms with Gasteiger partial charge < -0.3 is 5.32 Å². The quantitative estimate of drug-likeness (QED) is 0.514. The smallest absolute Gasteiger partial charge is 0.262 e. The molecule has 1 N–H and O–H groups in total. The van der Waals surface area contributed by atoms with Crippen molar-refractivity contribution in [1.82, 2.24) is 9.55 Å². The van der Waals surface area contributed by atoms with Crippen molar-refractivity contribution in [3.8, 4) is 11.1 Å². The van der Waals surface area contributed by atoms with E-state index in [1.165, 1.54) is 22.2 Å². The highest BCUT2D eigenvalue weighted by Crippen LogP contribution is 2.30. The second-order valence-electron chi connectivity index (χ2n) is 6.22. The number of aromatic nitrogens is 2. The zero-order valence-electron chi connectivity index (χ0n) is 14.8. The van der Waals surface area contributed by atoms with E-state index in [0.29, 0.717) is 20.9 Å². The molecule has 5 nitrogen and oxygen atoms in total. The van der Waals surface area contributed by atoms with Crippen molar-refractivity contribution in [2.24, 2.45) is 0 Å². The summed E-state index contributed by atoms with van der Waals surface area (Å²) in [6.07, 6.45) is 1.64. The van der Waals surface area contributed by atoms with Gasteiger partial charge in [-0.3, -0.25) is 14.2 Å². The first-order valence-corrected chi connectivity index (χ1v) is 9.95. The predicted molar refractivity (Wildman–Crippen MR) is 114 cm³/mol. The van der Waals surface area contributed by atoms with E-state index in [-0.39, 0.29) is 24.4 Å². The summed E-state index contributed by atoms with van der Waals surface area (Å²) in [5.74, 6) is -0.214. The molecule has 0 radical (unpaired) electrons. The van der Waals surface area contributed by atoms with Crippen LogP contribution in [0.3, 0.4) is 0 Å². The number of fused-ring (bicyclic) bond motifs is 1. The minimum absolute atomic E-state index is 0.142. The molecule has 4 rings (SSSR count). The van der Waals surface area contributed by atoms with E-state index >= 15 is 0 Å². The third-order valence-electron chi connectivity index (χ3n) is 4.37. The van der Waals surface area contributed by atoms with E-state index in [1.54, 1.807) is 24.3 Å². The van der Waals surface area contributed by atoms with Crippen molar-refractivity contribution in [2.45, 2.75) is 13.0 Å². The topological polar surface area (TPSA) is 64.0 Å². The van der Waals surface area contributed by atoms with Gasteiger partial charge in [0.2, 0.25) is 5.91 Å². The number of aryl methyl sites for hydroxylation is 1. The van der Waals surface area contributed by atoms with E-state index in [9.17, 15) is 9.59 Å². The third-order valence-corrected chi connectivity index (χ3v) is 5.59. The Morgan fingerprint density at radius 1 is 1.11 bits per heavy atom. The number of amides is 1. The first-order chi connectivity index (χ1) is 13.6. The van der Waals surface area contributed by atoms with Gasteiger partial charge >= 0.3 is 0 Å². The molecule has 1 amide bonds. The number of hydrogen-bond donors (Lipinski definition) is 1. The Morgan fingerprint density at radius 3 is 2.64 bits per heavy atom. The number of rotatable bonds is 5. The second kappa shape index (κ2) is 7.96. The van der Waals surface area contributed by atoms with Crippen LogP contribution in [0.15, 0.2) is 71.1 Å². The molecule has 0 aliphatic heterocycles. The number of carbonyl (C=O) groups is 1. The number of thiophene rings is 1. The summed E-state index contributed by atoms with van der Waals surface area (Å²) in [5.41, 5.74) is 2.25. The van der Waals surface area contributed by atoms with Gasteiger partial charge in [0.15, 0.2) is 0 Å². The monoisotopic (exact) mass is 409 g/mol. The molecule has 0 unspecified atom stereocenters. The van der Waals surface area contributed by atoms with Crippen LogP contribution < -0.4 is 10.9 Å². The van der Waals surface area contributed by atoms with Crippen molar-refractivity contribution >= 4 is 44.7 Å². The Kier molecular flexibility index (Phi) is 5.23. The maximum atomic E-state index is 13.0. The molecule has 0 saturated heterocycles. The van der Waals surface area contributed by atoms with Crippen LogP contribution in [0.1, 0.15) is 6.42 Å². The van der Waals surface area contributed by atoms with Crippen molar-refractivity contribution in [2.75, 3.05) is 5.32 Å². The van der Waals surface area contributed by atoms with Gasteiger partial charge in [-0.25, -0.2) is 4.98 Å². The van der Waals surface area contributed by atoms with Gasteiger partial charge in [0.25, 0.3) is 5.56 Å². The van der Waals surface area contributed by atoms with Gasteiger partial charge in [-0.2, -0.15) is 0 Å². The molecular formula is C21H16ClN3O2S. The minimum atomic E-state index is -0.214. The number of nitrogens with one attached hydrogen (secondary N) is 1. The van der Waals surface area contributed by atoms with Crippen molar-refractivity contribution in [1.29, 1.82) is 0 Å². The normalized spacial score (nSPS) is 10.9. The van der Waals surface area contributed by atoms with Crippen LogP contribution in [0.5, 0.6) is 0 Å². The van der Waals surface area contributed by atoms with Crippen LogP contribution in [-0.4, -0.2) is 15.5 Å². The highest BCUT2D eigenvalue weighted by Gasteiger charge is 2.14. The molecule has 28 heavy (non-hydrogen) atoms. The molecule has 0 aliphatic rings. The predicted octanol–water partition coefficient (Wildman–Crippen LogP) is 4.81. The highest BCUT2D eigenvalue weighted by atomic mass is 35.5. The molecule has 2 aromatic carbocycles. The summed E-state index contributed by atoms with van der Waals surface area (Å²) in [7, 11) is 0. The molecule has 140 valence electrons. The van der Waals surface area contributed by atoms with Crippen LogP contribution in [-0.2, 0) is 11.3 Å². The van der Waals surface area contributed by atoms with Gasteiger partial charge in [0.1, 0.15) is 4.83 Å². The molecule has 0 fully saturated rings. The molecule has 0 spiro atoms. The number of nitrogens with zero attached hydrogens (tertiary/aromatic N) is 2. The van der Waals surface area contributed by atoms with Gasteiger partial charge in [-0.15, -0.1) is 11.3 Å². The fraction of sp³-hybridized carbons (Fsp3) is 0.0952. The van der Waals surface area contributed by atoms with Crippen LogP contribution in [0, 0.1) is 0 Å². The first kappa shape index (κ1) is 18.4. The molecular weight excluding hydrogens is 394 g/mol. The maximum absolute atomic E-state index is 13.0. The summed E-state index contributed by atoms with van der Waals surface area (Å²) in [5, 5.41) is 5.77. The molecule has 4 aromatic rings. The minimum Gasteiger partial charge on any atom is -0.325 e. The number of hydrogen-bond acceptors (Lipinski definition) is 4. The Morgan fingerprint density at radius 2 is 1.86 bits per heavy atom. The van der Waals surface area contributed by atoms with Crippen molar-refractivity contribution < 1.29 is 4.79 Å². The molecule has 2 heterocycles. The molecule has 0 atom stereocenters. The number of para-hydroxylation sites is 1. The molecule has 0 saturated carbocycles. The van der Waals surface area contributed by atoms with Crippen LogP contribution in [0.2, 0.25) is 5.02 Å². The van der Waals surface area contributed by atoms with Gasteiger partial charge in [-0.1, -0.05) is 54.1 Å². The lowest BCUT2D eigenvalue weighted by molar-refractivity contribution is -0.116. The highest BCUT2D eigenvalue weighted by molar-refractivity contribution is 7.17. The average molecular weight is 410 g/mol. The number of halogens is 1. The summed E-state index contributed by atoms with van der Waals surface area (Å²) < 4.78 is 1.48. The third kappa shape index (κ3) is 3.69. The number of carbonyl (C=O) groups excluding carboxylic acids is 1. The number of anilines is 1. The zero-order valence-corrected chi connectivity index (χ0v) is 16.3. The van der Waals surface area contributed by atoms with Crippen LogP contribution in [0.25, 0.3) is 21.3 Å². The fourth-order valence-electron chi connectivity index (χ4n) is 2.95. The number of benzene rings is 2. The van der Waals surface area contributed by atoms with Gasteiger partial charge in [-0.05, 0) is 17.7 Å². The largest absolute Gasteiger partial charge is 0.325 e. The van der Waals surface area contributed by atoms with E-state index < -0.39 is 0 Å². The lowest BCUT2D eigenvalue weighted by atomic mass is 10.1. The van der Waals surface area contributed by atoms with Crippen molar-refractivity contribution in [3.05, 3.63) is 81.7 Å². The van der Waals surface area contributed by atoms with E-state index in [2.05, 4.69) is 10.3 Å². The van der Waals surface area contributed by atoms with Crippen molar-refractivity contribution in [3.63, 3.8) is 0 Å². The lowest BCUT2D eigenvalue weighted by Gasteiger charge is -2.08. The SMILES string of the molecule is O=C(CCn1cnc2scc(-c3ccccc3)c2c1=O)Nc1ccccc1Cl. The summed E-state index contributed by atoms with van der Waals surface area (Å²) in [6.45, 7) is 0.238. The fourth-order valence-corrected chi connectivity index (χ4v) is 4.04. The molecule has 0 aliphatic carbocycles. The van der Waals surface area contributed by atoms with E-state index in [4.69, 9.17) is 11.6 Å². The first-order valence-electron chi connectivity index (χ1n) is 8.70. The summed E-state index contributed by atoms with van der Waals surface area (Å²) in [4.78, 5) is 30.3. The second-order valence-corrected chi connectivity index (χ2v) is 7.48. The lowest BCUT2D eigenvalue weighted by Crippen LogP contribution is -2.23. The zero-order chi connectivity index (χ0) is 19.5. The summed E-state index contributed by atoms with van der Waals surface area (Å²) >= 11 is 7.50. The Labute approximate surface area is 170 Å². The Bertz CT molecular complexity index is 1200. The van der Waals surface area contributed by atoms with Crippen LogP contribution >= 0.6 is 22.9 Å². The average Bonchev–Trinajstić information content (AvgIpc) is 3.15. The van der Waals surface area contributed by atoms with E-state index in [0.717, 1.165) is 11.1 Å². The molecule has 2 aromatic heterocycles. The van der Waals surface area contributed by atoms with E-state index in [1.807, 2.05) is 35.7 Å². The summed E-state index contributed by atoms with van der Waals surface area (Å²) in [6, 6.07) is 16.8. The van der Waals surface area contributed by atoms with Gasteiger partial charge in [0.05, 0.1) is 22.4 Å². The van der Waals surface area contributed by atoms with Gasteiger partial charge in [0, 0.05) is 23.9 Å². The maximum Gasteiger partial charge on any atom is 0.262 e. The molecule has 7 heteroatoms. The Balaban J connectivity index is 1.56. The van der Waals surface area contributed by atoms with Crippen LogP contribution in [0.4, 0.5) is 5.69 Å². The standard InChI is InChI=1S/C21H16ClN3O2S/c22-16-8-4-5-9-17(16)24-18(26)10-11-25-13-23-20-19(21(25)27)15(12-28-20)14-6-2-1-3-7-14/h1-9,12-13H,10-11H2,(H,24,26). The Hall–Kier alpha value is -2.96. The molecule has 0 bridgehead atoms.